The maximum absolute atomic E-state index is 5.98. The van der Waals surface area contributed by atoms with Gasteiger partial charge < -0.3 is 14.8 Å². The maximum atomic E-state index is 5.98. The van der Waals surface area contributed by atoms with E-state index in [0.29, 0.717) is 6.61 Å². The summed E-state index contributed by atoms with van der Waals surface area (Å²) in [6.07, 6.45) is 0.865. The molecule has 0 saturated carbocycles. The van der Waals surface area contributed by atoms with Crippen molar-refractivity contribution >= 4 is 0 Å². The molecule has 0 aliphatic carbocycles. The van der Waals surface area contributed by atoms with Crippen molar-refractivity contribution in [2.75, 3.05) is 13.7 Å². The molecule has 0 radical (unpaired) electrons. The van der Waals surface area contributed by atoms with Crippen LogP contribution in [0.3, 0.4) is 0 Å². The summed E-state index contributed by atoms with van der Waals surface area (Å²) in [5.74, 6) is 0.962. The molecule has 0 heterocycles. The summed E-state index contributed by atoms with van der Waals surface area (Å²) < 4.78 is 11.4. The maximum Gasteiger partial charge on any atom is 0.123 e. The van der Waals surface area contributed by atoms with Crippen molar-refractivity contribution in [1.29, 1.82) is 0 Å². The molecule has 1 rings (SSSR count). The Kier molecular flexibility index (Phi) is 6.24. The van der Waals surface area contributed by atoms with E-state index in [0.717, 1.165) is 18.7 Å². The fourth-order valence-corrected chi connectivity index (χ4v) is 1.86. The van der Waals surface area contributed by atoms with Gasteiger partial charge in [0.05, 0.1) is 12.2 Å². The average molecular weight is 293 g/mol. The molecular formula is C18H31NO2. The monoisotopic (exact) mass is 293 g/mol. The van der Waals surface area contributed by atoms with Crippen molar-refractivity contribution in [2.24, 2.45) is 0 Å². The van der Waals surface area contributed by atoms with Crippen LogP contribution in [0.25, 0.3) is 0 Å². The van der Waals surface area contributed by atoms with Crippen LogP contribution in [0.4, 0.5) is 0 Å². The first-order chi connectivity index (χ1) is 9.63. The molecule has 1 aromatic rings. The van der Waals surface area contributed by atoms with Gasteiger partial charge in [-0.15, -0.1) is 0 Å². The molecule has 0 spiro atoms. The zero-order valence-corrected chi connectivity index (χ0v) is 14.7. The van der Waals surface area contributed by atoms with Gasteiger partial charge in [0.15, 0.2) is 0 Å². The fraction of sp³-hybridized carbons (Fsp3) is 0.667. The van der Waals surface area contributed by atoms with Crippen LogP contribution in [0.2, 0.25) is 0 Å². The molecule has 3 heteroatoms. The van der Waals surface area contributed by atoms with Crippen LogP contribution in [-0.4, -0.2) is 24.9 Å². The minimum absolute atomic E-state index is 0.0963. The van der Waals surface area contributed by atoms with E-state index in [-0.39, 0.29) is 11.1 Å². The van der Waals surface area contributed by atoms with Gasteiger partial charge in [-0.2, -0.15) is 0 Å². The zero-order valence-electron chi connectivity index (χ0n) is 14.7. The van der Waals surface area contributed by atoms with Crippen LogP contribution in [0, 0.1) is 6.92 Å². The number of benzene rings is 1. The molecule has 0 aliphatic rings. The average Bonchev–Trinajstić information content (AvgIpc) is 2.37. The van der Waals surface area contributed by atoms with E-state index in [1.54, 1.807) is 7.11 Å². The molecule has 3 nitrogen and oxygen atoms in total. The van der Waals surface area contributed by atoms with Crippen LogP contribution in [0.1, 0.15) is 52.2 Å². The molecule has 0 aliphatic heterocycles. The van der Waals surface area contributed by atoms with E-state index in [1.165, 1.54) is 11.1 Å². The van der Waals surface area contributed by atoms with Crippen molar-refractivity contribution in [3.05, 3.63) is 29.3 Å². The van der Waals surface area contributed by atoms with Gasteiger partial charge in [0.25, 0.3) is 0 Å². The largest absolute Gasteiger partial charge is 0.493 e. The van der Waals surface area contributed by atoms with Gasteiger partial charge in [-0.3, -0.25) is 0 Å². The van der Waals surface area contributed by atoms with Crippen LogP contribution >= 0.6 is 0 Å². The molecule has 120 valence electrons. The summed E-state index contributed by atoms with van der Waals surface area (Å²) in [5.41, 5.74) is 2.42. The van der Waals surface area contributed by atoms with E-state index < -0.39 is 0 Å². The highest BCUT2D eigenvalue weighted by Gasteiger charge is 2.17. The molecule has 1 aromatic carbocycles. The lowest BCUT2D eigenvalue weighted by atomic mass is 10.1. The predicted molar refractivity (Wildman–Crippen MR) is 89.0 cm³/mol. The normalized spacial score (nSPS) is 12.5. The van der Waals surface area contributed by atoms with Crippen molar-refractivity contribution in [3.63, 3.8) is 0 Å². The lowest BCUT2D eigenvalue weighted by Gasteiger charge is -2.24. The van der Waals surface area contributed by atoms with Gasteiger partial charge in [0, 0.05) is 31.2 Å². The summed E-state index contributed by atoms with van der Waals surface area (Å²) in [4.78, 5) is 0. The number of methoxy groups -OCH3 is 1. The first-order valence-electron chi connectivity index (χ1n) is 7.65. The number of hydrogen-bond acceptors (Lipinski definition) is 3. The Morgan fingerprint density at radius 3 is 2.33 bits per heavy atom. The van der Waals surface area contributed by atoms with Crippen molar-refractivity contribution in [1.82, 2.24) is 5.32 Å². The smallest absolute Gasteiger partial charge is 0.123 e. The highest BCUT2D eigenvalue weighted by molar-refractivity contribution is 5.37. The zero-order chi connectivity index (χ0) is 16.1. The Labute approximate surface area is 130 Å². The van der Waals surface area contributed by atoms with E-state index in [1.807, 2.05) is 0 Å². The Hall–Kier alpha value is -1.06. The Balaban J connectivity index is 2.68. The second-order valence-corrected chi connectivity index (χ2v) is 7.28. The third kappa shape index (κ3) is 6.96. The van der Waals surface area contributed by atoms with Crippen LogP contribution in [-0.2, 0) is 11.3 Å². The number of ether oxygens (including phenoxy) is 2. The second-order valence-electron chi connectivity index (χ2n) is 7.28. The summed E-state index contributed by atoms with van der Waals surface area (Å²) in [7, 11) is 1.74. The molecule has 1 N–H and O–H groups in total. The van der Waals surface area contributed by atoms with Gasteiger partial charge >= 0.3 is 0 Å². The summed E-state index contributed by atoms with van der Waals surface area (Å²) in [6.45, 7) is 14.2. The van der Waals surface area contributed by atoms with Gasteiger partial charge in [-0.05, 0) is 47.6 Å². The Bertz CT molecular complexity index is 447. The quantitative estimate of drug-likeness (QED) is 0.822. The standard InChI is InChI=1S/C18H31NO2/c1-14-8-9-16(21-11-10-18(5,6)20-7)15(12-14)13-19-17(2,3)4/h8-9,12,19H,10-11,13H2,1-7H3. The highest BCUT2D eigenvalue weighted by atomic mass is 16.5. The highest BCUT2D eigenvalue weighted by Crippen LogP contribution is 2.22. The van der Waals surface area contributed by atoms with Crippen LogP contribution < -0.4 is 10.1 Å². The van der Waals surface area contributed by atoms with E-state index in [9.17, 15) is 0 Å². The molecular weight excluding hydrogens is 262 g/mol. The lowest BCUT2D eigenvalue weighted by molar-refractivity contribution is 0.00536. The van der Waals surface area contributed by atoms with E-state index >= 15 is 0 Å². The third-order valence-corrected chi connectivity index (χ3v) is 3.54. The SMILES string of the molecule is COC(C)(C)CCOc1ccc(C)cc1CNC(C)(C)C. The summed E-state index contributed by atoms with van der Waals surface area (Å²) in [6, 6.07) is 6.35. The molecule has 0 fully saturated rings. The molecule has 0 aromatic heterocycles. The van der Waals surface area contributed by atoms with E-state index in [4.69, 9.17) is 9.47 Å². The summed E-state index contributed by atoms with van der Waals surface area (Å²) >= 11 is 0. The second kappa shape index (κ2) is 7.28. The number of aryl methyl sites for hydroxylation is 1. The Morgan fingerprint density at radius 2 is 1.76 bits per heavy atom. The molecule has 0 amide bonds. The van der Waals surface area contributed by atoms with Gasteiger partial charge in [-0.1, -0.05) is 17.7 Å². The van der Waals surface area contributed by atoms with Gasteiger partial charge in [0.1, 0.15) is 5.75 Å². The van der Waals surface area contributed by atoms with Gasteiger partial charge in [0.2, 0.25) is 0 Å². The van der Waals surface area contributed by atoms with Crippen LogP contribution in [0.5, 0.6) is 5.75 Å². The van der Waals surface area contributed by atoms with E-state index in [2.05, 4.69) is 65.1 Å². The summed E-state index contributed by atoms with van der Waals surface area (Å²) in [5, 5.41) is 3.52. The molecule has 0 atom stereocenters. The molecule has 0 saturated heterocycles. The first-order valence-corrected chi connectivity index (χ1v) is 7.65. The minimum Gasteiger partial charge on any atom is -0.493 e. The predicted octanol–water partition coefficient (Wildman–Crippen LogP) is 4.08. The van der Waals surface area contributed by atoms with Gasteiger partial charge in [-0.25, -0.2) is 0 Å². The minimum atomic E-state index is -0.144. The Morgan fingerprint density at radius 1 is 1.10 bits per heavy atom. The van der Waals surface area contributed by atoms with Crippen molar-refractivity contribution < 1.29 is 9.47 Å². The molecule has 0 bridgehead atoms. The van der Waals surface area contributed by atoms with Crippen molar-refractivity contribution in [2.45, 2.75) is 65.6 Å². The number of nitrogens with one attached hydrogen (secondary N) is 1. The van der Waals surface area contributed by atoms with Crippen LogP contribution in [0.15, 0.2) is 18.2 Å². The molecule has 0 unspecified atom stereocenters. The molecule has 21 heavy (non-hydrogen) atoms. The topological polar surface area (TPSA) is 30.5 Å². The first kappa shape index (κ1) is 18.0. The third-order valence-electron chi connectivity index (χ3n) is 3.54. The number of rotatable bonds is 7. The lowest BCUT2D eigenvalue weighted by Crippen LogP contribution is -2.35. The van der Waals surface area contributed by atoms with Crippen molar-refractivity contribution in [3.8, 4) is 5.75 Å². The number of hydrogen-bond donors (Lipinski definition) is 1. The fourth-order valence-electron chi connectivity index (χ4n) is 1.86.